The summed E-state index contributed by atoms with van der Waals surface area (Å²) in [5.74, 6) is 0. The van der Waals surface area contributed by atoms with Crippen molar-refractivity contribution < 1.29 is 13.2 Å². The van der Waals surface area contributed by atoms with E-state index in [4.69, 9.17) is 0 Å². The van der Waals surface area contributed by atoms with E-state index >= 15 is 0 Å². The lowest BCUT2D eigenvalue weighted by Gasteiger charge is -2.38. The topological polar surface area (TPSA) is 73.0 Å². The van der Waals surface area contributed by atoms with Gasteiger partial charge in [0.1, 0.15) is 0 Å². The van der Waals surface area contributed by atoms with Crippen LogP contribution in [0.1, 0.15) is 0 Å². The summed E-state index contributed by atoms with van der Waals surface area (Å²) >= 11 is 3.31. The van der Waals surface area contributed by atoms with Crippen molar-refractivity contribution in [2.75, 3.05) is 52.4 Å². The van der Waals surface area contributed by atoms with E-state index in [1.54, 1.807) is 29.2 Å². The third kappa shape index (κ3) is 3.74. The summed E-state index contributed by atoms with van der Waals surface area (Å²) in [4.78, 5) is 16.3. The average Bonchev–Trinajstić information content (AvgIpc) is 2.62. The molecule has 2 aliphatic heterocycles. The van der Waals surface area contributed by atoms with E-state index < -0.39 is 10.0 Å². The van der Waals surface area contributed by atoms with Crippen LogP contribution in [-0.4, -0.2) is 80.9 Å². The molecule has 2 saturated heterocycles. The van der Waals surface area contributed by atoms with Crippen molar-refractivity contribution in [1.29, 1.82) is 0 Å². The van der Waals surface area contributed by atoms with Gasteiger partial charge in [0.05, 0.1) is 4.90 Å². The largest absolute Gasteiger partial charge is 0.322 e. The highest BCUT2D eigenvalue weighted by molar-refractivity contribution is 9.10. The van der Waals surface area contributed by atoms with Gasteiger partial charge in [-0.1, -0.05) is 15.9 Å². The first-order valence-electron chi connectivity index (χ1n) is 7.99. The van der Waals surface area contributed by atoms with Gasteiger partial charge in [-0.25, -0.2) is 13.2 Å². The van der Waals surface area contributed by atoms with Gasteiger partial charge in [-0.3, -0.25) is 0 Å². The quantitative estimate of drug-likeness (QED) is 0.772. The lowest BCUT2D eigenvalue weighted by molar-refractivity contribution is 0.129. The Hall–Kier alpha value is -1.16. The van der Waals surface area contributed by atoms with Gasteiger partial charge in [0.15, 0.2) is 0 Å². The predicted octanol–water partition coefficient (Wildman–Crippen LogP) is 0.781. The first-order chi connectivity index (χ1) is 11.5. The molecule has 132 valence electrons. The summed E-state index contributed by atoms with van der Waals surface area (Å²) in [6.45, 7) is 4.54. The second-order valence-electron chi connectivity index (χ2n) is 5.86. The van der Waals surface area contributed by atoms with Crippen LogP contribution in [0.15, 0.2) is 33.6 Å². The zero-order chi connectivity index (χ0) is 17.2. The van der Waals surface area contributed by atoms with Gasteiger partial charge < -0.3 is 15.1 Å². The van der Waals surface area contributed by atoms with Crippen molar-refractivity contribution in [1.82, 2.24) is 19.4 Å². The molecule has 2 aliphatic rings. The number of nitrogens with one attached hydrogen (secondary N) is 1. The van der Waals surface area contributed by atoms with Crippen molar-refractivity contribution in [3.63, 3.8) is 0 Å². The van der Waals surface area contributed by atoms with Crippen molar-refractivity contribution in [3.05, 3.63) is 28.7 Å². The highest BCUT2D eigenvalue weighted by Crippen LogP contribution is 2.20. The highest BCUT2D eigenvalue weighted by atomic mass is 79.9. The van der Waals surface area contributed by atoms with Gasteiger partial charge >= 0.3 is 6.03 Å². The number of carbonyl (C=O) groups excluding carboxylic acids is 1. The van der Waals surface area contributed by atoms with Crippen LogP contribution in [-0.2, 0) is 10.0 Å². The molecular weight excluding hydrogens is 396 g/mol. The first-order valence-corrected chi connectivity index (χ1v) is 10.2. The fraction of sp³-hybridized carbons (Fsp3) is 0.533. The third-order valence-corrected chi connectivity index (χ3v) is 6.79. The number of piperazine rings is 2. The second-order valence-corrected chi connectivity index (χ2v) is 8.72. The monoisotopic (exact) mass is 416 g/mol. The Morgan fingerprint density at radius 1 is 0.917 bits per heavy atom. The minimum atomic E-state index is -3.50. The van der Waals surface area contributed by atoms with E-state index in [0.717, 1.165) is 17.6 Å². The maximum absolute atomic E-state index is 12.7. The van der Waals surface area contributed by atoms with E-state index in [1.165, 1.54) is 4.31 Å². The number of urea groups is 1. The summed E-state index contributed by atoms with van der Waals surface area (Å²) in [7, 11) is -3.50. The molecule has 0 unspecified atom stereocenters. The van der Waals surface area contributed by atoms with Crippen LogP contribution in [0.5, 0.6) is 0 Å². The lowest BCUT2D eigenvalue weighted by Crippen LogP contribution is -2.56. The van der Waals surface area contributed by atoms with Gasteiger partial charge in [-0.15, -0.1) is 0 Å². The van der Waals surface area contributed by atoms with Crippen molar-refractivity contribution in [3.8, 4) is 0 Å². The van der Waals surface area contributed by atoms with E-state index in [2.05, 4.69) is 21.2 Å². The summed E-state index contributed by atoms with van der Waals surface area (Å²) in [5, 5.41) is 3.22. The Labute approximate surface area is 150 Å². The summed E-state index contributed by atoms with van der Waals surface area (Å²) in [6, 6.07) is 6.64. The fourth-order valence-electron chi connectivity index (χ4n) is 2.93. The molecule has 2 heterocycles. The molecule has 0 aromatic heterocycles. The van der Waals surface area contributed by atoms with Gasteiger partial charge in [0, 0.05) is 56.8 Å². The maximum atomic E-state index is 12.7. The minimum Gasteiger partial charge on any atom is -0.322 e. The Morgan fingerprint density at radius 3 is 2.04 bits per heavy atom. The number of amides is 2. The van der Waals surface area contributed by atoms with Crippen LogP contribution in [0.3, 0.4) is 0 Å². The molecule has 24 heavy (non-hydrogen) atoms. The number of hydrogen-bond acceptors (Lipinski definition) is 4. The van der Waals surface area contributed by atoms with Crippen molar-refractivity contribution in [2.45, 2.75) is 4.90 Å². The zero-order valence-corrected chi connectivity index (χ0v) is 15.7. The lowest BCUT2D eigenvalue weighted by atomic mass is 10.3. The molecule has 2 fully saturated rings. The number of rotatable bonds is 2. The Morgan fingerprint density at radius 2 is 1.46 bits per heavy atom. The third-order valence-electron chi connectivity index (χ3n) is 4.35. The Kier molecular flexibility index (Phi) is 5.43. The van der Waals surface area contributed by atoms with E-state index in [9.17, 15) is 13.2 Å². The van der Waals surface area contributed by atoms with Gasteiger partial charge in [-0.05, 0) is 24.3 Å². The molecule has 0 bridgehead atoms. The number of halogens is 1. The molecular formula is C15H21BrN4O3S. The SMILES string of the molecule is O=C(N1CCNCC1)N1CCN(S(=O)(=O)c2ccc(Br)cc2)CC1. The van der Waals surface area contributed by atoms with Gasteiger partial charge in [0.25, 0.3) is 0 Å². The van der Waals surface area contributed by atoms with E-state index in [0.29, 0.717) is 39.3 Å². The highest BCUT2D eigenvalue weighted by Gasteiger charge is 2.31. The van der Waals surface area contributed by atoms with Crippen LogP contribution in [0.2, 0.25) is 0 Å². The summed E-state index contributed by atoms with van der Waals surface area (Å²) in [5.41, 5.74) is 0. The predicted molar refractivity (Wildman–Crippen MR) is 94.3 cm³/mol. The molecule has 0 atom stereocenters. The fourth-order valence-corrected chi connectivity index (χ4v) is 4.62. The summed E-state index contributed by atoms with van der Waals surface area (Å²) < 4.78 is 27.6. The number of sulfonamides is 1. The molecule has 9 heteroatoms. The molecule has 0 aliphatic carbocycles. The van der Waals surface area contributed by atoms with Crippen LogP contribution in [0.4, 0.5) is 4.79 Å². The molecule has 3 rings (SSSR count). The zero-order valence-electron chi connectivity index (χ0n) is 13.3. The summed E-state index contributed by atoms with van der Waals surface area (Å²) in [6.07, 6.45) is 0. The van der Waals surface area contributed by atoms with Crippen LogP contribution in [0, 0.1) is 0 Å². The molecule has 0 saturated carbocycles. The number of hydrogen-bond donors (Lipinski definition) is 1. The normalized spacial score (nSPS) is 20.2. The second kappa shape index (κ2) is 7.38. The van der Waals surface area contributed by atoms with Crippen molar-refractivity contribution >= 4 is 32.0 Å². The van der Waals surface area contributed by atoms with E-state index in [1.807, 2.05) is 4.90 Å². The molecule has 1 aromatic carbocycles. The number of benzene rings is 1. The Bertz CT molecular complexity index is 681. The smallest absolute Gasteiger partial charge is 0.320 e. The minimum absolute atomic E-state index is 0.0113. The molecule has 1 N–H and O–H groups in total. The molecule has 0 spiro atoms. The number of carbonyl (C=O) groups is 1. The molecule has 7 nitrogen and oxygen atoms in total. The standard InChI is InChI=1S/C15H21BrN4O3S/c16-13-1-3-14(4-2-13)24(22,23)20-11-9-19(10-12-20)15(21)18-7-5-17-6-8-18/h1-4,17H,5-12H2. The number of nitrogens with zero attached hydrogens (tertiary/aromatic N) is 3. The molecule has 0 radical (unpaired) electrons. The van der Waals surface area contributed by atoms with Crippen LogP contribution in [0.25, 0.3) is 0 Å². The Balaban J connectivity index is 1.62. The molecule has 2 amide bonds. The van der Waals surface area contributed by atoms with Crippen LogP contribution >= 0.6 is 15.9 Å². The van der Waals surface area contributed by atoms with Crippen LogP contribution < -0.4 is 5.32 Å². The first kappa shape index (κ1) is 17.7. The molecule has 1 aromatic rings. The van der Waals surface area contributed by atoms with E-state index in [-0.39, 0.29) is 10.9 Å². The van der Waals surface area contributed by atoms with Crippen molar-refractivity contribution in [2.24, 2.45) is 0 Å². The maximum Gasteiger partial charge on any atom is 0.320 e. The van der Waals surface area contributed by atoms with Gasteiger partial charge in [0.2, 0.25) is 10.0 Å². The average molecular weight is 417 g/mol. The van der Waals surface area contributed by atoms with Gasteiger partial charge in [-0.2, -0.15) is 4.31 Å².